The quantitative estimate of drug-likeness (QED) is 0.470. The molecule has 0 atom stereocenters. The van der Waals surface area contributed by atoms with E-state index in [-0.39, 0.29) is 17.5 Å². The fourth-order valence-electron chi connectivity index (χ4n) is 3.52. The molecule has 4 nitrogen and oxygen atoms in total. The predicted octanol–water partition coefficient (Wildman–Crippen LogP) is 4.54. The number of carbonyl (C=O) groups excluding carboxylic acids is 1. The summed E-state index contributed by atoms with van der Waals surface area (Å²) in [4.78, 5) is 24.2. The van der Waals surface area contributed by atoms with Crippen molar-refractivity contribution in [2.45, 2.75) is 58.8 Å². The van der Waals surface area contributed by atoms with Crippen molar-refractivity contribution in [3.8, 4) is 5.75 Å². The Balaban J connectivity index is 1.93. The molecule has 2 aromatic rings. The average molecular weight is 328 g/mol. The van der Waals surface area contributed by atoms with Crippen LogP contribution in [0, 0.1) is 12.8 Å². The lowest BCUT2D eigenvalue weighted by molar-refractivity contribution is -0.140. The van der Waals surface area contributed by atoms with Crippen LogP contribution >= 0.6 is 0 Å². The molecule has 0 aliphatic heterocycles. The van der Waals surface area contributed by atoms with E-state index < -0.39 is 0 Å². The zero-order valence-corrected chi connectivity index (χ0v) is 14.4. The van der Waals surface area contributed by atoms with Gasteiger partial charge in [0.1, 0.15) is 11.3 Å². The van der Waals surface area contributed by atoms with Gasteiger partial charge in [-0.3, -0.25) is 4.79 Å². The van der Waals surface area contributed by atoms with Crippen LogP contribution in [0.15, 0.2) is 27.4 Å². The van der Waals surface area contributed by atoms with Crippen molar-refractivity contribution in [1.29, 1.82) is 0 Å². The number of benzene rings is 1. The predicted molar refractivity (Wildman–Crippen MR) is 93.4 cm³/mol. The van der Waals surface area contributed by atoms with Crippen LogP contribution in [0.2, 0.25) is 0 Å². The average Bonchev–Trinajstić information content (AvgIpc) is 2.59. The zero-order valence-electron chi connectivity index (χ0n) is 14.4. The summed E-state index contributed by atoms with van der Waals surface area (Å²) in [5, 5.41) is 0.923. The Hall–Kier alpha value is -2.10. The molecule has 0 spiro atoms. The van der Waals surface area contributed by atoms with Crippen LogP contribution in [0.1, 0.15) is 56.6 Å². The SMILES string of the molecule is CCCc1cc(=O)oc2c(C)c(OC(=O)C3CCCCC3)ccc12. The Morgan fingerprint density at radius 1 is 1.25 bits per heavy atom. The van der Waals surface area contributed by atoms with Crippen LogP contribution in [-0.2, 0) is 11.2 Å². The Labute approximate surface area is 141 Å². The molecule has 24 heavy (non-hydrogen) atoms. The van der Waals surface area contributed by atoms with E-state index in [4.69, 9.17) is 9.15 Å². The molecule has 0 unspecified atom stereocenters. The highest BCUT2D eigenvalue weighted by Gasteiger charge is 2.24. The van der Waals surface area contributed by atoms with Crippen LogP contribution in [0.5, 0.6) is 5.75 Å². The third-order valence-corrected chi connectivity index (χ3v) is 4.87. The molecule has 0 N–H and O–H groups in total. The molecular weight excluding hydrogens is 304 g/mol. The summed E-state index contributed by atoms with van der Waals surface area (Å²) in [6.45, 7) is 3.91. The van der Waals surface area contributed by atoms with Gasteiger partial charge in [0.2, 0.25) is 0 Å². The Morgan fingerprint density at radius 3 is 2.71 bits per heavy atom. The number of hydrogen-bond donors (Lipinski definition) is 0. The third-order valence-electron chi connectivity index (χ3n) is 4.87. The van der Waals surface area contributed by atoms with E-state index in [0.717, 1.165) is 49.5 Å². The normalized spacial score (nSPS) is 15.6. The standard InChI is InChI=1S/C20H24O4/c1-3-7-15-12-18(21)24-19-13(2)17(11-10-16(15)19)23-20(22)14-8-5-4-6-9-14/h10-12,14H,3-9H2,1-2H3. The lowest BCUT2D eigenvalue weighted by atomic mass is 9.89. The van der Waals surface area contributed by atoms with E-state index in [1.54, 1.807) is 6.07 Å². The van der Waals surface area contributed by atoms with Crippen LogP contribution in [0.3, 0.4) is 0 Å². The minimum absolute atomic E-state index is 0.00715. The molecule has 0 saturated heterocycles. The second-order valence-electron chi connectivity index (χ2n) is 6.66. The minimum Gasteiger partial charge on any atom is -0.426 e. The first-order chi connectivity index (χ1) is 11.6. The summed E-state index contributed by atoms with van der Waals surface area (Å²) in [5.74, 6) is 0.325. The van der Waals surface area contributed by atoms with Crippen molar-refractivity contribution in [1.82, 2.24) is 0 Å². The maximum absolute atomic E-state index is 12.4. The van der Waals surface area contributed by atoms with Gasteiger partial charge in [-0.25, -0.2) is 4.79 Å². The first kappa shape index (κ1) is 16.7. The molecule has 0 radical (unpaired) electrons. The minimum atomic E-state index is -0.357. The number of esters is 1. The number of hydrogen-bond acceptors (Lipinski definition) is 4. The van der Waals surface area contributed by atoms with E-state index in [1.165, 1.54) is 6.42 Å². The fraction of sp³-hybridized carbons (Fsp3) is 0.500. The van der Waals surface area contributed by atoms with Crippen LogP contribution in [0.25, 0.3) is 11.0 Å². The summed E-state index contributed by atoms with van der Waals surface area (Å²) in [5.41, 5.74) is 1.87. The lowest BCUT2D eigenvalue weighted by Gasteiger charge is -2.20. The highest BCUT2D eigenvalue weighted by Crippen LogP contribution is 2.31. The van der Waals surface area contributed by atoms with Gasteiger partial charge in [0.25, 0.3) is 0 Å². The van der Waals surface area contributed by atoms with Gasteiger partial charge >= 0.3 is 11.6 Å². The first-order valence-corrected chi connectivity index (χ1v) is 8.88. The maximum Gasteiger partial charge on any atom is 0.336 e. The van der Waals surface area contributed by atoms with Gasteiger partial charge in [-0.1, -0.05) is 32.6 Å². The van der Waals surface area contributed by atoms with Gasteiger partial charge in [-0.05, 0) is 43.9 Å². The number of fused-ring (bicyclic) bond motifs is 1. The van der Waals surface area contributed by atoms with E-state index in [9.17, 15) is 9.59 Å². The smallest absolute Gasteiger partial charge is 0.336 e. The highest BCUT2D eigenvalue weighted by molar-refractivity contribution is 5.86. The number of carbonyl (C=O) groups is 1. The zero-order chi connectivity index (χ0) is 17.1. The van der Waals surface area contributed by atoms with Crippen LogP contribution in [-0.4, -0.2) is 5.97 Å². The topological polar surface area (TPSA) is 56.5 Å². The second kappa shape index (κ2) is 7.20. The Bertz CT molecular complexity index is 797. The summed E-state index contributed by atoms with van der Waals surface area (Å²) in [7, 11) is 0. The van der Waals surface area contributed by atoms with Crippen molar-refractivity contribution in [3.05, 3.63) is 39.7 Å². The molecule has 1 aromatic carbocycles. The highest BCUT2D eigenvalue weighted by atomic mass is 16.5. The van der Waals surface area contributed by atoms with Crippen molar-refractivity contribution in [2.75, 3.05) is 0 Å². The summed E-state index contributed by atoms with van der Waals surface area (Å²) >= 11 is 0. The fourth-order valence-corrected chi connectivity index (χ4v) is 3.52. The largest absolute Gasteiger partial charge is 0.426 e. The molecule has 3 rings (SSSR count). The Morgan fingerprint density at radius 2 is 2.00 bits per heavy atom. The maximum atomic E-state index is 12.4. The van der Waals surface area contributed by atoms with E-state index in [2.05, 4.69) is 6.92 Å². The molecule has 1 aromatic heterocycles. The summed E-state index contributed by atoms with van der Waals surface area (Å²) in [6.07, 6.45) is 6.96. The number of rotatable bonds is 4. The van der Waals surface area contributed by atoms with Gasteiger partial charge in [-0.2, -0.15) is 0 Å². The van der Waals surface area contributed by atoms with Crippen molar-refractivity contribution < 1.29 is 13.9 Å². The molecule has 4 heteroatoms. The third kappa shape index (κ3) is 3.37. The van der Waals surface area contributed by atoms with Crippen molar-refractivity contribution >= 4 is 16.9 Å². The molecule has 1 heterocycles. The Kier molecular flexibility index (Phi) is 5.03. The second-order valence-corrected chi connectivity index (χ2v) is 6.66. The van der Waals surface area contributed by atoms with Gasteiger partial charge in [0.05, 0.1) is 5.92 Å². The lowest BCUT2D eigenvalue weighted by Crippen LogP contribution is -2.23. The van der Waals surface area contributed by atoms with Gasteiger partial charge in [0, 0.05) is 17.0 Å². The molecule has 128 valence electrons. The van der Waals surface area contributed by atoms with Gasteiger partial charge < -0.3 is 9.15 Å². The summed E-state index contributed by atoms with van der Waals surface area (Å²) < 4.78 is 11.0. The molecule has 0 bridgehead atoms. The first-order valence-electron chi connectivity index (χ1n) is 8.88. The molecule has 1 aliphatic rings. The molecule has 1 saturated carbocycles. The van der Waals surface area contributed by atoms with Crippen LogP contribution in [0.4, 0.5) is 0 Å². The van der Waals surface area contributed by atoms with E-state index in [0.29, 0.717) is 16.9 Å². The van der Waals surface area contributed by atoms with E-state index >= 15 is 0 Å². The van der Waals surface area contributed by atoms with E-state index in [1.807, 2.05) is 19.1 Å². The van der Waals surface area contributed by atoms with Crippen molar-refractivity contribution in [2.24, 2.45) is 5.92 Å². The molecule has 0 amide bonds. The molecular formula is C20H24O4. The number of ether oxygens (including phenoxy) is 1. The monoisotopic (exact) mass is 328 g/mol. The summed E-state index contributed by atoms with van der Waals surface area (Å²) in [6, 6.07) is 5.26. The molecule has 1 fully saturated rings. The van der Waals surface area contributed by atoms with Gasteiger partial charge in [-0.15, -0.1) is 0 Å². The number of aryl methyl sites for hydroxylation is 2. The van der Waals surface area contributed by atoms with Crippen LogP contribution < -0.4 is 10.4 Å². The van der Waals surface area contributed by atoms with Crippen molar-refractivity contribution in [3.63, 3.8) is 0 Å². The van der Waals surface area contributed by atoms with Gasteiger partial charge in [0.15, 0.2) is 0 Å². The molecule has 1 aliphatic carbocycles.